The maximum absolute atomic E-state index is 12.1. The summed E-state index contributed by atoms with van der Waals surface area (Å²) in [6.07, 6.45) is 2.21. The number of rotatable bonds is 4. The standard InChI is InChI=1S/C12H21NO3/c1-8(2)7-13(3)11(14)9-5-4-6-10(9)12(15)16/h8-10H,4-7H2,1-3H3,(H,15,16)/t9-,10+/m1/s1. The molecule has 4 nitrogen and oxygen atoms in total. The molecule has 1 aliphatic rings. The minimum Gasteiger partial charge on any atom is -0.481 e. The van der Waals surface area contributed by atoms with Crippen molar-refractivity contribution in [3.63, 3.8) is 0 Å². The number of carboxylic acids is 1. The highest BCUT2D eigenvalue weighted by Gasteiger charge is 2.38. The second-order valence-corrected chi connectivity index (χ2v) is 5.09. The van der Waals surface area contributed by atoms with Gasteiger partial charge in [0.1, 0.15) is 0 Å². The van der Waals surface area contributed by atoms with Gasteiger partial charge in [0.25, 0.3) is 0 Å². The fourth-order valence-electron chi connectivity index (χ4n) is 2.47. The van der Waals surface area contributed by atoms with Crippen LogP contribution in [0.3, 0.4) is 0 Å². The maximum Gasteiger partial charge on any atom is 0.307 e. The average Bonchev–Trinajstić information content (AvgIpc) is 2.63. The Bertz CT molecular complexity index is 275. The molecule has 1 fully saturated rings. The molecule has 0 spiro atoms. The van der Waals surface area contributed by atoms with E-state index >= 15 is 0 Å². The zero-order valence-corrected chi connectivity index (χ0v) is 10.3. The predicted octanol–water partition coefficient (Wildman–Crippen LogP) is 1.60. The SMILES string of the molecule is CC(C)CN(C)C(=O)[C@@H]1CCC[C@@H]1C(=O)O. The van der Waals surface area contributed by atoms with Gasteiger partial charge < -0.3 is 10.0 Å². The summed E-state index contributed by atoms with van der Waals surface area (Å²) in [5.74, 6) is -1.19. The fraction of sp³-hybridized carbons (Fsp3) is 0.833. The van der Waals surface area contributed by atoms with Crippen molar-refractivity contribution in [2.45, 2.75) is 33.1 Å². The van der Waals surface area contributed by atoms with Gasteiger partial charge in [-0.1, -0.05) is 20.3 Å². The number of hydrogen-bond donors (Lipinski definition) is 1. The number of carbonyl (C=O) groups is 2. The lowest BCUT2D eigenvalue weighted by atomic mass is 9.94. The van der Waals surface area contributed by atoms with E-state index in [0.717, 1.165) is 12.8 Å². The highest BCUT2D eigenvalue weighted by Crippen LogP contribution is 2.33. The molecule has 0 radical (unpaired) electrons. The molecule has 0 bridgehead atoms. The van der Waals surface area contributed by atoms with E-state index in [1.165, 1.54) is 0 Å². The van der Waals surface area contributed by atoms with Crippen molar-refractivity contribution in [1.82, 2.24) is 4.90 Å². The number of amides is 1. The van der Waals surface area contributed by atoms with Gasteiger partial charge in [0.05, 0.1) is 11.8 Å². The first-order chi connectivity index (χ1) is 7.43. The largest absolute Gasteiger partial charge is 0.481 e. The third-order valence-electron chi connectivity index (χ3n) is 3.17. The molecule has 1 N–H and O–H groups in total. The van der Waals surface area contributed by atoms with Gasteiger partial charge in [-0.25, -0.2) is 0 Å². The molecule has 0 unspecified atom stereocenters. The Balaban J connectivity index is 2.62. The smallest absolute Gasteiger partial charge is 0.307 e. The summed E-state index contributed by atoms with van der Waals surface area (Å²) in [5, 5.41) is 9.03. The molecule has 0 saturated heterocycles. The Morgan fingerprint density at radius 1 is 1.31 bits per heavy atom. The van der Waals surface area contributed by atoms with Crippen molar-refractivity contribution < 1.29 is 14.7 Å². The molecule has 1 aliphatic carbocycles. The van der Waals surface area contributed by atoms with Crippen LogP contribution in [0.4, 0.5) is 0 Å². The fourth-order valence-corrected chi connectivity index (χ4v) is 2.47. The summed E-state index contributed by atoms with van der Waals surface area (Å²) in [7, 11) is 1.76. The lowest BCUT2D eigenvalue weighted by Gasteiger charge is -2.24. The van der Waals surface area contributed by atoms with Crippen LogP contribution in [0.5, 0.6) is 0 Å². The first-order valence-electron chi connectivity index (χ1n) is 5.91. The zero-order valence-electron chi connectivity index (χ0n) is 10.3. The lowest BCUT2D eigenvalue weighted by molar-refractivity contribution is -0.148. The number of aliphatic carboxylic acids is 1. The van der Waals surface area contributed by atoms with Gasteiger partial charge in [-0.05, 0) is 18.8 Å². The van der Waals surface area contributed by atoms with Crippen LogP contribution in [0.15, 0.2) is 0 Å². The van der Waals surface area contributed by atoms with E-state index in [-0.39, 0.29) is 11.8 Å². The lowest BCUT2D eigenvalue weighted by Crippen LogP contribution is -2.38. The molecular weight excluding hydrogens is 206 g/mol. The molecule has 16 heavy (non-hydrogen) atoms. The van der Waals surface area contributed by atoms with E-state index in [1.807, 2.05) is 13.8 Å². The summed E-state index contributed by atoms with van der Waals surface area (Å²) in [5.41, 5.74) is 0. The van der Waals surface area contributed by atoms with Gasteiger partial charge in [0, 0.05) is 13.6 Å². The van der Waals surface area contributed by atoms with Crippen LogP contribution in [0.25, 0.3) is 0 Å². The molecule has 92 valence electrons. The van der Waals surface area contributed by atoms with E-state index < -0.39 is 11.9 Å². The quantitative estimate of drug-likeness (QED) is 0.793. The molecule has 0 heterocycles. The Morgan fingerprint density at radius 2 is 1.88 bits per heavy atom. The summed E-state index contributed by atoms with van der Waals surface area (Å²) in [6, 6.07) is 0. The minimum atomic E-state index is -0.825. The maximum atomic E-state index is 12.1. The molecular formula is C12H21NO3. The molecule has 0 aromatic rings. The van der Waals surface area contributed by atoms with Gasteiger partial charge in [0.15, 0.2) is 0 Å². The van der Waals surface area contributed by atoms with Crippen LogP contribution < -0.4 is 0 Å². The van der Waals surface area contributed by atoms with Crippen LogP contribution in [0.1, 0.15) is 33.1 Å². The van der Waals surface area contributed by atoms with E-state index in [4.69, 9.17) is 5.11 Å². The normalized spacial score (nSPS) is 24.8. The first-order valence-corrected chi connectivity index (χ1v) is 5.91. The average molecular weight is 227 g/mol. The van der Waals surface area contributed by atoms with Crippen molar-refractivity contribution in [2.75, 3.05) is 13.6 Å². The first kappa shape index (κ1) is 13.0. The molecule has 1 amide bonds. The number of carboxylic acid groups (broad SMARTS) is 1. The predicted molar refractivity (Wildman–Crippen MR) is 60.9 cm³/mol. The van der Waals surface area contributed by atoms with Crippen LogP contribution >= 0.6 is 0 Å². The Kier molecular flexibility index (Phi) is 4.33. The van der Waals surface area contributed by atoms with Crippen molar-refractivity contribution in [3.8, 4) is 0 Å². The van der Waals surface area contributed by atoms with E-state index in [9.17, 15) is 9.59 Å². The van der Waals surface area contributed by atoms with Gasteiger partial charge in [-0.2, -0.15) is 0 Å². The van der Waals surface area contributed by atoms with Crippen molar-refractivity contribution in [3.05, 3.63) is 0 Å². The summed E-state index contributed by atoms with van der Waals surface area (Å²) < 4.78 is 0. The highest BCUT2D eigenvalue weighted by atomic mass is 16.4. The van der Waals surface area contributed by atoms with E-state index in [1.54, 1.807) is 11.9 Å². The molecule has 4 heteroatoms. The van der Waals surface area contributed by atoms with Crippen LogP contribution in [-0.4, -0.2) is 35.5 Å². The highest BCUT2D eigenvalue weighted by molar-refractivity contribution is 5.85. The molecule has 0 aromatic carbocycles. The Labute approximate surface area is 96.6 Å². The molecule has 1 saturated carbocycles. The number of carbonyl (C=O) groups excluding carboxylic acids is 1. The van der Waals surface area contributed by atoms with Crippen LogP contribution in [0.2, 0.25) is 0 Å². The number of nitrogens with zero attached hydrogens (tertiary/aromatic N) is 1. The molecule has 0 aliphatic heterocycles. The monoisotopic (exact) mass is 227 g/mol. The van der Waals surface area contributed by atoms with Gasteiger partial charge in [0.2, 0.25) is 5.91 Å². The summed E-state index contributed by atoms with van der Waals surface area (Å²) in [4.78, 5) is 24.7. The van der Waals surface area contributed by atoms with Crippen LogP contribution in [0, 0.1) is 17.8 Å². The molecule has 1 rings (SSSR count). The van der Waals surface area contributed by atoms with Gasteiger partial charge in [-0.15, -0.1) is 0 Å². The Morgan fingerprint density at radius 3 is 2.38 bits per heavy atom. The summed E-state index contributed by atoms with van der Waals surface area (Å²) in [6.45, 7) is 4.79. The topological polar surface area (TPSA) is 57.6 Å². The van der Waals surface area contributed by atoms with Gasteiger partial charge >= 0.3 is 5.97 Å². The van der Waals surface area contributed by atoms with Crippen LogP contribution in [-0.2, 0) is 9.59 Å². The third-order valence-corrected chi connectivity index (χ3v) is 3.17. The number of hydrogen-bond acceptors (Lipinski definition) is 2. The minimum absolute atomic E-state index is 0.00130. The second-order valence-electron chi connectivity index (χ2n) is 5.09. The van der Waals surface area contributed by atoms with E-state index in [2.05, 4.69) is 0 Å². The summed E-state index contributed by atoms with van der Waals surface area (Å²) >= 11 is 0. The molecule has 2 atom stereocenters. The zero-order chi connectivity index (χ0) is 12.3. The Hall–Kier alpha value is -1.06. The third kappa shape index (κ3) is 2.97. The van der Waals surface area contributed by atoms with Crippen molar-refractivity contribution in [2.24, 2.45) is 17.8 Å². The van der Waals surface area contributed by atoms with Gasteiger partial charge in [-0.3, -0.25) is 9.59 Å². The van der Waals surface area contributed by atoms with E-state index in [0.29, 0.717) is 18.9 Å². The van der Waals surface area contributed by atoms with Crippen molar-refractivity contribution in [1.29, 1.82) is 0 Å². The van der Waals surface area contributed by atoms with Crippen molar-refractivity contribution >= 4 is 11.9 Å². The molecule has 0 aromatic heterocycles. The second kappa shape index (κ2) is 5.32.